The minimum absolute atomic E-state index is 0.0474. The van der Waals surface area contributed by atoms with Crippen molar-refractivity contribution in [3.05, 3.63) is 23.3 Å². The summed E-state index contributed by atoms with van der Waals surface area (Å²) in [6.45, 7) is 7.87. The van der Waals surface area contributed by atoms with Crippen molar-refractivity contribution in [2.75, 3.05) is 5.32 Å². The van der Waals surface area contributed by atoms with E-state index in [0.29, 0.717) is 17.3 Å². The van der Waals surface area contributed by atoms with Crippen molar-refractivity contribution in [3.63, 3.8) is 0 Å². The third-order valence-corrected chi connectivity index (χ3v) is 8.86. The SMILES string of the molecule is CC(C)(C)C(=O)Nc1cc2c(cc1P(=O)(O)O)CCC1C2CC[C@]2(C)CCCC12. The highest BCUT2D eigenvalue weighted by molar-refractivity contribution is 7.60. The van der Waals surface area contributed by atoms with E-state index in [-0.39, 0.29) is 16.9 Å². The molecule has 4 rings (SSSR count). The van der Waals surface area contributed by atoms with Gasteiger partial charge in [-0.2, -0.15) is 0 Å². The van der Waals surface area contributed by atoms with Gasteiger partial charge in [-0.15, -0.1) is 0 Å². The van der Waals surface area contributed by atoms with Gasteiger partial charge in [-0.1, -0.05) is 34.1 Å². The Hall–Kier alpha value is -1.16. The number of amides is 1. The van der Waals surface area contributed by atoms with Crippen molar-refractivity contribution in [2.24, 2.45) is 22.7 Å². The lowest BCUT2D eigenvalue weighted by atomic mass is 9.56. The molecule has 1 aromatic carbocycles. The molecule has 1 amide bonds. The largest absolute Gasteiger partial charge is 0.358 e. The molecule has 0 aromatic heterocycles. The number of nitrogens with one attached hydrogen (secondary N) is 1. The molecule has 160 valence electrons. The van der Waals surface area contributed by atoms with E-state index in [1.807, 2.05) is 6.07 Å². The predicted molar refractivity (Wildman–Crippen MR) is 115 cm³/mol. The number of aryl methyl sites for hydroxylation is 1. The minimum atomic E-state index is -4.49. The van der Waals surface area contributed by atoms with Crippen LogP contribution in [0.1, 0.15) is 83.3 Å². The van der Waals surface area contributed by atoms with Crippen LogP contribution in [0.3, 0.4) is 0 Å². The summed E-state index contributed by atoms with van der Waals surface area (Å²) in [5.41, 5.74) is 2.38. The zero-order valence-corrected chi connectivity index (χ0v) is 18.9. The van der Waals surface area contributed by atoms with Gasteiger partial charge in [0.2, 0.25) is 5.91 Å². The molecule has 3 aliphatic carbocycles. The molecule has 2 fully saturated rings. The van der Waals surface area contributed by atoms with Crippen LogP contribution < -0.4 is 10.6 Å². The fourth-order valence-electron chi connectivity index (χ4n) is 6.25. The maximum Gasteiger partial charge on any atom is 0.358 e. The van der Waals surface area contributed by atoms with Gasteiger partial charge in [-0.25, -0.2) is 0 Å². The van der Waals surface area contributed by atoms with Gasteiger partial charge >= 0.3 is 7.60 Å². The molecule has 3 aliphatic rings. The topological polar surface area (TPSA) is 86.6 Å². The predicted octanol–water partition coefficient (Wildman–Crippen LogP) is 4.72. The van der Waals surface area contributed by atoms with Crippen molar-refractivity contribution < 1.29 is 19.1 Å². The second kappa shape index (κ2) is 6.93. The summed E-state index contributed by atoms with van der Waals surface area (Å²) in [5, 5.41) is 2.78. The highest BCUT2D eigenvalue weighted by atomic mass is 31.2. The van der Waals surface area contributed by atoms with Crippen LogP contribution in [0.2, 0.25) is 0 Å². The lowest BCUT2D eigenvalue weighted by Gasteiger charge is -2.49. The highest BCUT2D eigenvalue weighted by Gasteiger charge is 2.50. The number of carbonyl (C=O) groups is 1. The van der Waals surface area contributed by atoms with E-state index in [1.54, 1.807) is 26.8 Å². The smallest absolute Gasteiger partial charge is 0.325 e. The summed E-state index contributed by atoms with van der Waals surface area (Å²) in [6, 6.07) is 3.56. The third-order valence-electron chi connectivity index (χ3n) is 7.87. The van der Waals surface area contributed by atoms with Crippen LogP contribution in [-0.2, 0) is 15.8 Å². The monoisotopic (exact) mass is 419 g/mol. The number of rotatable bonds is 2. The van der Waals surface area contributed by atoms with Crippen LogP contribution >= 0.6 is 7.60 Å². The van der Waals surface area contributed by atoms with E-state index >= 15 is 0 Å². The lowest BCUT2D eigenvalue weighted by Crippen LogP contribution is -2.40. The molecule has 0 bridgehead atoms. The molecular formula is C23H34NO4P. The van der Waals surface area contributed by atoms with E-state index in [4.69, 9.17) is 0 Å². The van der Waals surface area contributed by atoms with Crippen LogP contribution in [0.4, 0.5) is 5.69 Å². The highest BCUT2D eigenvalue weighted by Crippen LogP contribution is 2.61. The van der Waals surface area contributed by atoms with Gasteiger partial charge in [0.25, 0.3) is 0 Å². The van der Waals surface area contributed by atoms with Gasteiger partial charge < -0.3 is 15.1 Å². The summed E-state index contributed by atoms with van der Waals surface area (Å²) < 4.78 is 12.2. The Morgan fingerprint density at radius 3 is 2.55 bits per heavy atom. The van der Waals surface area contributed by atoms with Crippen molar-refractivity contribution in [2.45, 2.75) is 78.6 Å². The second-order valence-corrected chi connectivity index (χ2v) is 12.4. The van der Waals surface area contributed by atoms with E-state index in [2.05, 4.69) is 12.2 Å². The fourth-order valence-corrected chi connectivity index (χ4v) is 7.01. The van der Waals surface area contributed by atoms with Gasteiger partial charge in [-0.05, 0) is 85.0 Å². The molecule has 0 spiro atoms. The normalized spacial score (nSPS) is 31.6. The number of hydrogen-bond acceptors (Lipinski definition) is 2. The maximum atomic E-state index is 12.6. The van der Waals surface area contributed by atoms with E-state index in [1.165, 1.54) is 31.2 Å². The minimum Gasteiger partial charge on any atom is -0.325 e. The van der Waals surface area contributed by atoms with Crippen LogP contribution in [0, 0.1) is 22.7 Å². The average Bonchev–Trinajstić information content (AvgIpc) is 3.01. The molecule has 29 heavy (non-hydrogen) atoms. The first-order chi connectivity index (χ1) is 13.4. The Balaban J connectivity index is 1.75. The van der Waals surface area contributed by atoms with E-state index < -0.39 is 13.0 Å². The van der Waals surface area contributed by atoms with Crippen LogP contribution in [0.15, 0.2) is 12.1 Å². The molecular weight excluding hydrogens is 385 g/mol. The van der Waals surface area contributed by atoms with Crippen molar-refractivity contribution in [3.8, 4) is 0 Å². The molecule has 0 saturated heterocycles. The zero-order chi connectivity index (χ0) is 21.2. The van der Waals surface area contributed by atoms with Gasteiger partial charge in [0.15, 0.2) is 0 Å². The molecule has 3 N–H and O–H groups in total. The Labute approximate surface area is 173 Å². The Morgan fingerprint density at radius 1 is 1.17 bits per heavy atom. The average molecular weight is 420 g/mol. The van der Waals surface area contributed by atoms with Gasteiger partial charge in [0.05, 0.1) is 11.0 Å². The molecule has 6 heteroatoms. The molecule has 5 nitrogen and oxygen atoms in total. The van der Waals surface area contributed by atoms with Gasteiger partial charge in [0, 0.05) is 5.41 Å². The number of carbonyl (C=O) groups excluding carboxylic acids is 1. The number of hydrogen-bond donors (Lipinski definition) is 3. The molecule has 3 unspecified atom stereocenters. The van der Waals surface area contributed by atoms with Crippen molar-refractivity contribution >= 4 is 24.5 Å². The number of anilines is 1. The summed E-state index contributed by atoms with van der Waals surface area (Å²) in [6.07, 6.45) is 8.28. The number of benzene rings is 1. The molecule has 0 aliphatic heterocycles. The second-order valence-electron chi connectivity index (χ2n) is 10.8. The van der Waals surface area contributed by atoms with Gasteiger partial charge in [-0.3, -0.25) is 9.36 Å². The third kappa shape index (κ3) is 3.71. The molecule has 4 atom stereocenters. The fraction of sp³-hybridized carbons (Fsp3) is 0.696. The van der Waals surface area contributed by atoms with Crippen molar-refractivity contribution in [1.82, 2.24) is 0 Å². The summed E-state index contributed by atoms with van der Waals surface area (Å²) >= 11 is 0. The Bertz CT molecular complexity index is 884. The van der Waals surface area contributed by atoms with Crippen LogP contribution in [0.25, 0.3) is 0 Å². The van der Waals surface area contributed by atoms with Crippen molar-refractivity contribution in [1.29, 1.82) is 0 Å². The standard InChI is InChI=1S/C23H34NO4P/c1-22(2,3)21(25)24-19-13-17-14(12-20(19)29(26,27)28)7-8-16-15(17)9-11-23(4)10-5-6-18(16)23/h12-13,15-16,18H,5-11H2,1-4H3,(H,24,25)(H2,26,27,28)/t15?,16?,18?,23-/m0/s1. The maximum absolute atomic E-state index is 12.6. The number of fused-ring (bicyclic) bond motifs is 5. The van der Waals surface area contributed by atoms with Gasteiger partial charge in [0.1, 0.15) is 0 Å². The summed E-state index contributed by atoms with van der Waals surface area (Å²) in [5.74, 6) is 1.61. The molecule has 1 aromatic rings. The Morgan fingerprint density at radius 2 is 1.90 bits per heavy atom. The van der Waals surface area contributed by atoms with Crippen LogP contribution in [-0.4, -0.2) is 15.7 Å². The zero-order valence-electron chi connectivity index (χ0n) is 18.0. The first-order valence-electron chi connectivity index (χ1n) is 10.9. The molecule has 2 saturated carbocycles. The molecule has 0 radical (unpaired) electrons. The van der Waals surface area contributed by atoms with Crippen LogP contribution in [0.5, 0.6) is 0 Å². The van der Waals surface area contributed by atoms with E-state index in [0.717, 1.165) is 30.7 Å². The Kier molecular flexibility index (Phi) is 5.04. The first kappa shape index (κ1) is 21.1. The van der Waals surface area contributed by atoms with E-state index in [9.17, 15) is 19.1 Å². The first-order valence-corrected chi connectivity index (χ1v) is 12.6. The summed E-state index contributed by atoms with van der Waals surface area (Å²) in [4.78, 5) is 32.5. The molecule has 0 heterocycles. The quantitative estimate of drug-likeness (QED) is 0.606. The lowest BCUT2D eigenvalue weighted by molar-refractivity contribution is -0.123. The summed E-state index contributed by atoms with van der Waals surface area (Å²) in [7, 11) is -4.49.